The number of amides is 1. The average Bonchev–Trinajstić information content (AvgIpc) is 3.66. The van der Waals surface area contributed by atoms with Crippen molar-refractivity contribution >= 4 is 23.5 Å². The first-order valence-electron chi connectivity index (χ1n) is 15.6. The van der Waals surface area contributed by atoms with E-state index in [0.29, 0.717) is 39.7 Å². The Kier molecular flexibility index (Phi) is 10.7. The highest BCUT2D eigenvalue weighted by atomic mass is 35.5. The quantitative estimate of drug-likeness (QED) is 0.182. The van der Waals surface area contributed by atoms with E-state index in [0.717, 1.165) is 36.9 Å². The van der Waals surface area contributed by atoms with E-state index in [2.05, 4.69) is 39.7 Å². The molecule has 3 aromatic carbocycles. The maximum atomic E-state index is 14.3. The van der Waals surface area contributed by atoms with E-state index >= 15 is 0 Å². The van der Waals surface area contributed by atoms with Gasteiger partial charge in [0.15, 0.2) is 5.69 Å². The highest BCUT2D eigenvalue weighted by Gasteiger charge is 2.38. The third-order valence-electron chi connectivity index (χ3n) is 8.87. The number of rotatable bonds is 8. The molecular weight excluding hydrogens is 635 g/mol. The van der Waals surface area contributed by atoms with Gasteiger partial charge in [-0.2, -0.15) is 9.90 Å². The lowest BCUT2D eigenvalue weighted by molar-refractivity contribution is 0.0688. The molecule has 0 radical (unpaired) electrons. The van der Waals surface area contributed by atoms with Gasteiger partial charge in [-0.15, -0.1) is 5.10 Å². The highest BCUT2D eigenvalue weighted by Crippen LogP contribution is 2.37. The molecule has 0 spiro atoms. The topological polar surface area (TPSA) is 126 Å². The van der Waals surface area contributed by atoms with Crippen molar-refractivity contribution in [2.24, 2.45) is 0 Å². The fourth-order valence-electron chi connectivity index (χ4n) is 6.07. The molecule has 1 amide bonds. The molecule has 1 aliphatic carbocycles. The van der Waals surface area contributed by atoms with Crippen molar-refractivity contribution in [3.05, 3.63) is 118 Å². The summed E-state index contributed by atoms with van der Waals surface area (Å²) < 4.78 is 19.7. The molecule has 5 aromatic rings. The number of likely N-dealkylation sites (N-methyl/N-ethyl adjacent to an activating group) is 1. The largest absolute Gasteiger partial charge is 0.476 e. The van der Waals surface area contributed by atoms with Crippen molar-refractivity contribution in [1.82, 2.24) is 30.4 Å². The van der Waals surface area contributed by atoms with Crippen LogP contribution >= 0.6 is 11.6 Å². The van der Waals surface area contributed by atoms with Crippen LogP contribution < -0.4 is 5.32 Å². The number of aromatic carboxylic acids is 1. The van der Waals surface area contributed by atoms with E-state index in [-0.39, 0.29) is 29.0 Å². The molecule has 0 saturated heterocycles. The lowest BCUT2D eigenvalue weighted by atomic mass is 9.74. The number of hydrogen-bond donors (Lipinski definition) is 2. The molecule has 0 atom stereocenters. The number of carboxylic acids is 1. The Balaban J connectivity index is 0.000000250. The highest BCUT2D eigenvalue weighted by molar-refractivity contribution is 6.33. The van der Waals surface area contributed by atoms with Gasteiger partial charge < -0.3 is 19.8 Å². The number of carbonyl (C=O) groups is 2. The van der Waals surface area contributed by atoms with Crippen LogP contribution in [0.4, 0.5) is 4.39 Å². The van der Waals surface area contributed by atoms with E-state index in [9.17, 15) is 14.0 Å². The monoisotopic (exact) mass is 672 g/mol. The van der Waals surface area contributed by atoms with Gasteiger partial charge in [0.2, 0.25) is 0 Å². The van der Waals surface area contributed by atoms with Gasteiger partial charge in [-0.3, -0.25) is 4.79 Å². The first-order chi connectivity index (χ1) is 23.0. The van der Waals surface area contributed by atoms with Crippen LogP contribution in [0, 0.1) is 19.7 Å². The Hall–Kier alpha value is -4.87. The van der Waals surface area contributed by atoms with Crippen molar-refractivity contribution in [2.75, 3.05) is 14.1 Å². The Labute approximate surface area is 283 Å². The molecular formula is C36H38ClFN6O4. The molecule has 1 aliphatic rings. The zero-order valence-corrected chi connectivity index (χ0v) is 28.0. The Morgan fingerprint density at radius 1 is 1.00 bits per heavy atom. The van der Waals surface area contributed by atoms with Crippen molar-refractivity contribution in [2.45, 2.75) is 57.5 Å². The number of aromatic nitrogens is 4. The second kappa shape index (κ2) is 14.9. The van der Waals surface area contributed by atoms with Crippen LogP contribution in [0.5, 0.6) is 0 Å². The molecule has 0 bridgehead atoms. The summed E-state index contributed by atoms with van der Waals surface area (Å²) in [5.74, 6) is -0.973. The number of aryl methyl sites for hydroxylation is 2. The molecule has 1 fully saturated rings. The molecule has 12 heteroatoms. The third-order valence-corrected chi connectivity index (χ3v) is 9.20. The minimum absolute atomic E-state index is 0.0150. The number of halogens is 2. The Morgan fingerprint density at radius 2 is 1.65 bits per heavy atom. The van der Waals surface area contributed by atoms with E-state index in [1.54, 1.807) is 26.0 Å². The standard InChI is InChI=1S/C26H29ClFN3O2.C10H9N3O2/c1-17-23(24(30-33-17)20-9-5-6-10-21(20)27)25(32)29-19-12-14-26(15-13-19,31(2)3)16-18-8-4-7-11-22(18)28;1-7-9(10(14)15)12-13(11-7)8-5-3-2-4-6-8/h4-11,19H,12-16H2,1-3H3,(H,29,32);2-6H,1H3,(H,14,15). The minimum atomic E-state index is -1.06. The van der Waals surface area contributed by atoms with Crippen LogP contribution in [0.1, 0.15) is 63.5 Å². The van der Waals surface area contributed by atoms with Gasteiger partial charge in [0.25, 0.3) is 5.91 Å². The van der Waals surface area contributed by atoms with Crippen LogP contribution in [0.25, 0.3) is 16.9 Å². The van der Waals surface area contributed by atoms with Crippen LogP contribution in [0.15, 0.2) is 83.4 Å². The van der Waals surface area contributed by atoms with Crippen molar-refractivity contribution in [3.63, 3.8) is 0 Å². The molecule has 250 valence electrons. The second-order valence-corrected chi connectivity index (χ2v) is 12.5. The van der Waals surface area contributed by atoms with Crippen LogP contribution in [0.3, 0.4) is 0 Å². The summed E-state index contributed by atoms with van der Waals surface area (Å²) in [6.07, 6.45) is 3.99. The number of carbonyl (C=O) groups excluding carboxylic acids is 1. The van der Waals surface area contributed by atoms with Gasteiger partial charge in [-0.1, -0.05) is 71.4 Å². The molecule has 0 unspecified atom stereocenters. The minimum Gasteiger partial charge on any atom is -0.476 e. The summed E-state index contributed by atoms with van der Waals surface area (Å²) in [6.45, 7) is 3.35. The fourth-order valence-corrected chi connectivity index (χ4v) is 6.29. The molecule has 10 nitrogen and oxygen atoms in total. The third kappa shape index (κ3) is 7.64. The summed E-state index contributed by atoms with van der Waals surface area (Å²) in [5, 5.41) is 24.5. The van der Waals surface area contributed by atoms with Crippen molar-refractivity contribution in [1.29, 1.82) is 0 Å². The summed E-state index contributed by atoms with van der Waals surface area (Å²) in [4.78, 5) is 27.5. The number of nitrogens with one attached hydrogen (secondary N) is 1. The number of para-hydroxylation sites is 1. The second-order valence-electron chi connectivity index (χ2n) is 12.1. The number of benzene rings is 3. The van der Waals surface area contributed by atoms with E-state index in [1.807, 2.05) is 60.7 Å². The number of nitrogens with zero attached hydrogens (tertiary/aromatic N) is 5. The molecule has 6 rings (SSSR count). The molecule has 2 aromatic heterocycles. The molecule has 0 aliphatic heterocycles. The zero-order chi connectivity index (χ0) is 34.4. The van der Waals surface area contributed by atoms with Gasteiger partial charge in [-0.05, 0) is 89.9 Å². The first-order valence-corrected chi connectivity index (χ1v) is 16.0. The number of carboxylic acid groups (broad SMARTS) is 1. The Morgan fingerprint density at radius 3 is 2.27 bits per heavy atom. The van der Waals surface area contributed by atoms with Crippen LogP contribution in [0.2, 0.25) is 5.02 Å². The van der Waals surface area contributed by atoms with E-state index in [1.165, 1.54) is 10.9 Å². The smallest absolute Gasteiger partial charge is 0.358 e. The van der Waals surface area contributed by atoms with E-state index < -0.39 is 5.97 Å². The zero-order valence-electron chi connectivity index (χ0n) is 27.3. The predicted octanol–water partition coefficient (Wildman–Crippen LogP) is 6.93. The van der Waals surface area contributed by atoms with Gasteiger partial charge in [0, 0.05) is 17.1 Å². The van der Waals surface area contributed by atoms with Gasteiger partial charge in [-0.25, -0.2) is 9.18 Å². The SMILES string of the molecule is Cc1nn(-c2ccccc2)nc1C(=O)O.Cc1onc(-c2ccccc2Cl)c1C(=O)NC1CCC(Cc2ccccc2F)(N(C)C)CC1. The molecule has 1 saturated carbocycles. The van der Waals surface area contributed by atoms with Crippen molar-refractivity contribution < 1.29 is 23.6 Å². The van der Waals surface area contributed by atoms with Gasteiger partial charge in [0.05, 0.1) is 16.4 Å². The number of hydrogen-bond acceptors (Lipinski definition) is 7. The molecule has 48 heavy (non-hydrogen) atoms. The summed E-state index contributed by atoms with van der Waals surface area (Å²) in [5.41, 5.74) is 3.27. The molecule has 2 heterocycles. The van der Waals surface area contributed by atoms with Gasteiger partial charge >= 0.3 is 5.97 Å². The lowest BCUT2D eigenvalue weighted by Crippen LogP contribution is -2.52. The molecule has 2 N–H and O–H groups in total. The fraction of sp³-hybridized carbons (Fsp3) is 0.306. The van der Waals surface area contributed by atoms with Crippen molar-refractivity contribution in [3.8, 4) is 16.9 Å². The summed E-state index contributed by atoms with van der Waals surface area (Å²) in [7, 11) is 4.10. The predicted molar refractivity (Wildman–Crippen MR) is 181 cm³/mol. The van der Waals surface area contributed by atoms with Crippen LogP contribution in [-0.2, 0) is 6.42 Å². The van der Waals surface area contributed by atoms with Crippen LogP contribution in [-0.4, -0.2) is 67.7 Å². The first kappa shape index (κ1) is 34.5. The maximum Gasteiger partial charge on any atom is 0.358 e. The summed E-state index contributed by atoms with van der Waals surface area (Å²) >= 11 is 6.33. The average molecular weight is 673 g/mol. The normalized spacial score (nSPS) is 17.4. The van der Waals surface area contributed by atoms with E-state index in [4.69, 9.17) is 21.2 Å². The Bertz CT molecular complexity index is 1880. The maximum absolute atomic E-state index is 14.3. The summed E-state index contributed by atoms with van der Waals surface area (Å²) in [6, 6.07) is 23.5. The lowest BCUT2D eigenvalue weighted by Gasteiger charge is -2.45. The van der Waals surface area contributed by atoms with Gasteiger partial charge in [0.1, 0.15) is 22.8 Å².